The van der Waals surface area contributed by atoms with Crippen molar-refractivity contribution in [3.8, 4) is 0 Å². The SMILES string of the molecule is CN=C(C)CC(=O)OC(C)(C)C. The van der Waals surface area contributed by atoms with Crippen molar-refractivity contribution in [1.29, 1.82) is 0 Å². The van der Waals surface area contributed by atoms with Crippen molar-refractivity contribution in [1.82, 2.24) is 0 Å². The van der Waals surface area contributed by atoms with Crippen LogP contribution in [0, 0.1) is 0 Å². The normalized spacial score (nSPS) is 12.9. The van der Waals surface area contributed by atoms with Crippen LogP contribution in [0.5, 0.6) is 0 Å². The predicted molar refractivity (Wildman–Crippen MR) is 49.5 cm³/mol. The van der Waals surface area contributed by atoms with Gasteiger partial charge in [0.15, 0.2) is 0 Å². The molecule has 0 aromatic heterocycles. The summed E-state index contributed by atoms with van der Waals surface area (Å²) in [7, 11) is 1.67. The third kappa shape index (κ3) is 5.89. The van der Waals surface area contributed by atoms with Crippen molar-refractivity contribution in [2.24, 2.45) is 4.99 Å². The van der Waals surface area contributed by atoms with Crippen LogP contribution in [-0.2, 0) is 9.53 Å². The van der Waals surface area contributed by atoms with Crippen molar-refractivity contribution in [2.75, 3.05) is 7.05 Å². The number of hydrogen-bond acceptors (Lipinski definition) is 3. The summed E-state index contributed by atoms with van der Waals surface area (Å²) in [5.41, 5.74) is 0.398. The van der Waals surface area contributed by atoms with E-state index in [0.717, 1.165) is 5.71 Å². The van der Waals surface area contributed by atoms with Crippen LogP contribution in [0.2, 0.25) is 0 Å². The molecule has 3 heteroatoms. The standard InChI is InChI=1S/C9H17NO2/c1-7(10-5)6-8(11)12-9(2,3)4/h6H2,1-5H3. The van der Waals surface area contributed by atoms with Gasteiger partial charge in [0.05, 0.1) is 6.42 Å². The fourth-order valence-corrected chi connectivity index (χ4v) is 0.666. The predicted octanol–water partition coefficient (Wildman–Crippen LogP) is 1.81. The van der Waals surface area contributed by atoms with E-state index >= 15 is 0 Å². The summed E-state index contributed by atoms with van der Waals surface area (Å²) >= 11 is 0. The molecule has 0 rings (SSSR count). The average Bonchev–Trinajstić information content (AvgIpc) is 1.82. The number of ether oxygens (including phenoxy) is 1. The number of carbonyl (C=O) groups is 1. The number of carbonyl (C=O) groups excluding carboxylic acids is 1. The second-order valence-electron chi connectivity index (χ2n) is 3.72. The summed E-state index contributed by atoms with van der Waals surface area (Å²) in [4.78, 5) is 15.0. The maximum Gasteiger partial charge on any atom is 0.312 e. The van der Waals surface area contributed by atoms with Crippen LogP contribution >= 0.6 is 0 Å². The van der Waals surface area contributed by atoms with E-state index in [2.05, 4.69) is 4.99 Å². The lowest BCUT2D eigenvalue weighted by molar-refractivity contribution is -0.153. The minimum atomic E-state index is -0.398. The summed E-state index contributed by atoms with van der Waals surface area (Å²) in [6.45, 7) is 7.36. The first-order chi connectivity index (χ1) is 5.35. The number of aliphatic imine (C=N–C) groups is 1. The molecule has 0 amide bonds. The molecule has 0 spiro atoms. The zero-order valence-electron chi connectivity index (χ0n) is 8.47. The summed E-state index contributed by atoms with van der Waals surface area (Å²) < 4.78 is 5.09. The van der Waals surface area contributed by atoms with Crippen molar-refractivity contribution in [3.63, 3.8) is 0 Å². The van der Waals surface area contributed by atoms with Crippen LogP contribution in [-0.4, -0.2) is 24.3 Å². The molecule has 0 radical (unpaired) electrons. The lowest BCUT2D eigenvalue weighted by atomic mass is 10.2. The van der Waals surface area contributed by atoms with Crippen molar-refractivity contribution in [2.45, 2.75) is 39.7 Å². The molecule has 0 N–H and O–H groups in total. The van der Waals surface area contributed by atoms with Gasteiger partial charge in [0, 0.05) is 12.8 Å². The van der Waals surface area contributed by atoms with Crippen LogP contribution < -0.4 is 0 Å². The maximum atomic E-state index is 11.1. The van der Waals surface area contributed by atoms with Gasteiger partial charge in [0.1, 0.15) is 5.60 Å². The van der Waals surface area contributed by atoms with Gasteiger partial charge in [-0.25, -0.2) is 0 Å². The first kappa shape index (κ1) is 11.1. The van der Waals surface area contributed by atoms with Crippen LogP contribution in [0.4, 0.5) is 0 Å². The topological polar surface area (TPSA) is 38.7 Å². The molecule has 3 nitrogen and oxygen atoms in total. The zero-order chi connectivity index (χ0) is 9.78. The minimum absolute atomic E-state index is 0.217. The fourth-order valence-electron chi connectivity index (χ4n) is 0.666. The van der Waals surface area contributed by atoms with Crippen LogP contribution in [0.1, 0.15) is 34.1 Å². The largest absolute Gasteiger partial charge is 0.460 e. The number of esters is 1. The Morgan fingerprint density at radius 2 is 1.92 bits per heavy atom. The van der Waals surface area contributed by atoms with Gasteiger partial charge in [-0.3, -0.25) is 9.79 Å². The highest BCUT2D eigenvalue weighted by atomic mass is 16.6. The average molecular weight is 171 g/mol. The van der Waals surface area contributed by atoms with E-state index in [1.807, 2.05) is 27.7 Å². The summed E-state index contributed by atoms with van der Waals surface area (Å²) in [5, 5.41) is 0. The molecule has 0 atom stereocenters. The van der Waals surface area contributed by atoms with Gasteiger partial charge in [-0.15, -0.1) is 0 Å². The van der Waals surface area contributed by atoms with Gasteiger partial charge in [-0.1, -0.05) is 0 Å². The van der Waals surface area contributed by atoms with E-state index in [9.17, 15) is 4.79 Å². The monoisotopic (exact) mass is 171 g/mol. The number of nitrogens with zero attached hydrogens (tertiary/aromatic N) is 1. The fraction of sp³-hybridized carbons (Fsp3) is 0.778. The van der Waals surface area contributed by atoms with Gasteiger partial charge in [0.2, 0.25) is 0 Å². The minimum Gasteiger partial charge on any atom is -0.460 e. The van der Waals surface area contributed by atoms with Gasteiger partial charge in [0.25, 0.3) is 0 Å². The summed E-state index contributed by atoms with van der Waals surface area (Å²) in [6.07, 6.45) is 0.285. The summed E-state index contributed by atoms with van der Waals surface area (Å²) in [5.74, 6) is -0.217. The Kier molecular flexibility index (Phi) is 3.93. The lowest BCUT2D eigenvalue weighted by Crippen LogP contribution is -2.24. The van der Waals surface area contributed by atoms with E-state index in [0.29, 0.717) is 0 Å². The first-order valence-electron chi connectivity index (χ1n) is 3.99. The van der Waals surface area contributed by atoms with Crippen LogP contribution in [0.25, 0.3) is 0 Å². The van der Waals surface area contributed by atoms with Crippen molar-refractivity contribution < 1.29 is 9.53 Å². The van der Waals surface area contributed by atoms with Crippen molar-refractivity contribution in [3.05, 3.63) is 0 Å². The molecule has 0 fully saturated rings. The molecule has 70 valence electrons. The molecular formula is C9H17NO2. The highest BCUT2D eigenvalue weighted by molar-refractivity contribution is 5.97. The van der Waals surface area contributed by atoms with Gasteiger partial charge in [-0.2, -0.15) is 0 Å². The third-order valence-electron chi connectivity index (χ3n) is 1.20. The molecule has 0 saturated heterocycles. The molecule has 0 aliphatic carbocycles. The zero-order valence-corrected chi connectivity index (χ0v) is 8.47. The van der Waals surface area contributed by atoms with E-state index in [-0.39, 0.29) is 12.4 Å². The quantitative estimate of drug-likeness (QED) is 0.469. The highest BCUT2D eigenvalue weighted by Gasteiger charge is 2.16. The van der Waals surface area contributed by atoms with Crippen LogP contribution in [0.15, 0.2) is 4.99 Å². The van der Waals surface area contributed by atoms with E-state index < -0.39 is 5.60 Å². The molecule has 0 aromatic rings. The Morgan fingerprint density at radius 1 is 1.42 bits per heavy atom. The Bertz CT molecular complexity index is 189. The Balaban J connectivity index is 3.92. The molecule has 12 heavy (non-hydrogen) atoms. The third-order valence-corrected chi connectivity index (χ3v) is 1.20. The molecule has 0 aliphatic heterocycles. The highest BCUT2D eigenvalue weighted by Crippen LogP contribution is 2.08. The van der Waals surface area contributed by atoms with E-state index in [4.69, 9.17) is 4.74 Å². The first-order valence-corrected chi connectivity index (χ1v) is 3.99. The summed E-state index contributed by atoms with van der Waals surface area (Å²) in [6, 6.07) is 0. The van der Waals surface area contributed by atoms with Gasteiger partial charge < -0.3 is 4.74 Å². The van der Waals surface area contributed by atoms with E-state index in [1.54, 1.807) is 7.05 Å². The molecule has 0 aromatic carbocycles. The molecule has 0 saturated carbocycles. The molecule has 0 unspecified atom stereocenters. The van der Waals surface area contributed by atoms with Crippen molar-refractivity contribution >= 4 is 11.7 Å². The maximum absolute atomic E-state index is 11.1. The lowest BCUT2D eigenvalue weighted by Gasteiger charge is -2.19. The molecule has 0 bridgehead atoms. The van der Waals surface area contributed by atoms with Gasteiger partial charge in [-0.05, 0) is 27.7 Å². The Morgan fingerprint density at radius 3 is 2.25 bits per heavy atom. The van der Waals surface area contributed by atoms with Crippen LogP contribution in [0.3, 0.4) is 0 Å². The molecule has 0 heterocycles. The molecule has 0 aliphatic rings. The van der Waals surface area contributed by atoms with Gasteiger partial charge >= 0.3 is 5.97 Å². The smallest absolute Gasteiger partial charge is 0.312 e. The second kappa shape index (κ2) is 4.24. The number of rotatable bonds is 2. The Hall–Kier alpha value is -0.860. The Labute approximate surface area is 73.8 Å². The second-order valence-corrected chi connectivity index (χ2v) is 3.72. The molecular weight excluding hydrogens is 154 g/mol. The number of hydrogen-bond donors (Lipinski definition) is 0. The van der Waals surface area contributed by atoms with E-state index in [1.165, 1.54) is 0 Å².